The van der Waals surface area contributed by atoms with E-state index in [2.05, 4.69) is 12.2 Å². The van der Waals surface area contributed by atoms with Crippen LogP contribution in [-0.4, -0.2) is 6.54 Å². The summed E-state index contributed by atoms with van der Waals surface area (Å²) in [5.74, 6) is -0.756. The molecule has 0 radical (unpaired) electrons. The van der Waals surface area contributed by atoms with Gasteiger partial charge in [-0.25, -0.2) is 8.78 Å². The molecule has 0 spiro atoms. The van der Waals surface area contributed by atoms with Crippen LogP contribution in [0, 0.1) is 11.6 Å². The lowest BCUT2D eigenvalue weighted by Crippen LogP contribution is -2.12. The Morgan fingerprint density at radius 2 is 1.95 bits per heavy atom. The summed E-state index contributed by atoms with van der Waals surface area (Å²) in [7, 11) is 0. The maximum Gasteiger partial charge on any atom is 0.160 e. The molecule has 2 aromatic rings. The molecule has 0 bridgehead atoms. The van der Waals surface area contributed by atoms with Crippen LogP contribution in [0.2, 0.25) is 5.02 Å². The Hall–Kier alpha value is -1.39. The molecule has 1 aromatic carbocycles. The first kappa shape index (κ1) is 14.0. The van der Waals surface area contributed by atoms with Crippen LogP contribution in [0.4, 0.5) is 8.78 Å². The van der Waals surface area contributed by atoms with E-state index >= 15 is 0 Å². The predicted octanol–water partition coefficient (Wildman–Crippen LogP) is 4.38. The molecule has 0 saturated carbocycles. The number of benzene rings is 1. The van der Waals surface area contributed by atoms with Gasteiger partial charge in [0.2, 0.25) is 0 Å². The van der Waals surface area contributed by atoms with Crippen LogP contribution in [0.1, 0.15) is 19.1 Å². The zero-order valence-electron chi connectivity index (χ0n) is 10.5. The van der Waals surface area contributed by atoms with Crippen molar-refractivity contribution in [3.63, 3.8) is 0 Å². The van der Waals surface area contributed by atoms with Gasteiger partial charge < -0.3 is 9.73 Å². The Balaban J connectivity index is 2.20. The lowest BCUT2D eigenvalue weighted by atomic mass is 10.1. The minimum atomic E-state index is -0.967. The molecule has 19 heavy (non-hydrogen) atoms. The van der Waals surface area contributed by atoms with Crippen molar-refractivity contribution in [2.24, 2.45) is 0 Å². The van der Waals surface area contributed by atoms with Crippen molar-refractivity contribution in [3.8, 4) is 11.3 Å². The highest BCUT2D eigenvalue weighted by molar-refractivity contribution is 6.33. The zero-order chi connectivity index (χ0) is 13.8. The average molecular weight is 286 g/mol. The topological polar surface area (TPSA) is 25.2 Å². The van der Waals surface area contributed by atoms with E-state index < -0.39 is 11.6 Å². The van der Waals surface area contributed by atoms with Crippen molar-refractivity contribution in [1.82, 2.24) is 5.32 Å². The van der Waals surface area contributed by atoms with Gasteiger partial charge in [-0.05, 0) is 37.2 Å². The molecule has 0 aliphatic carbocycles. The van der Waals surface area contributed by atoms with Gasteiger partial charge in [-0.15, -0.1) is 0 Å². The molecular formula is C14H14ClF2NO. The van der Waals surface area contributed by atoms with Crippen LogP contribution >= 0.6 is 11.6 Å². The Labute approximate surface area is 115 Å². The highest BCUT2D eigenvalue weighted by Gasteiger charge is 2.13. The third kappa shape index (κ3) is 3.33. The first-order valence-corrected chi connectivity index (χ1v) is 6.44. The first-order chi connectivity index (χ1) is 9.11. The van der Waals surface area contributed by atoms with Gasteiger partial charge in [-0.1, -0.05) is 18.5 Å². The second kappa shape index (κ2) is 6.17. The number of hydrogen-bond donors (Lipinski definition) is 1. The van der Waals surface area contributed by atoms with E-state index in [4.69, 9.17) is 16.0 Å². The SMILES string of the molecule is CCCNCc1ccc(-c2cc(F)c(F)cc2Cl)o1. The fourth-order valence-electron chi connectivity index (χ4n) is 1.72. The van der Waals surface area contributed by atoms with Crippen LogP contribution in [0.5, 0.6) is 0 Å². The van der Waals surface area contributed by atoms with Crippen molar-refractivity contribution in [2.75, 3.05) is 6.54 Å². The van der Waals surface area contributed by atoms with E-state index in [0.29, 0.717) is 17.9 Å². The molecule has 0 fully saturated rings. The van der Waals surface area contributed by atoms with Crippen LogP contribution in [-0.2, 0) is 6.54 Å². The largest absolute Gasteiger partial charge is 0.460 e. The van der Waals surface area contributed by atoms with Crippen molar-refractivity contribution in [1.29, 1.82) is 0 Å². The van der Waals surface area contributed by atoms with Crippen LogP contribution in [0.25, 0.3) is 11.3 Å². The van der Waals surface area contributed by atoms with Gasteiger partial charge in [0, 0.05) is 5.56 Å². The van der Waals surface area contributed by atoms with Gasteiger partial charge in [0.1, 0.15) is 11.5 Å². The molecular weight excluding hydrogens is 272 g/mol. The molecule has 0 saturated heterocycles. The number of furan rings is 1. The predicted molar refractivity (Wildman–Crippen MR) is 71.1 cm³/mol. The smallest absolute Gasteiger partial charge is 0.160 e. The number of halogens is 3. The summed E-state index contributed by atoms with van der Waals surface area (Å²) in [6.45, 7) is 3.55. The molecule has 1 heterocycles. The summed E-state index contributed by atoms with van der Waals surface area (Å²) in [6, 6.07) is 5.47. The van der Waals surface area contributed by atoms with Gasteiger partial charge in [-0.2, -0.15) is 0 Å². The Morgan fingerprint density at radius 1 is 1.21 bits per heavy atom. The van der Waals surface area contributed by atoms with Crippen LogP contribution in [0.3, 0.4) is 0 Å². The van der Waals surface area contributed by atoms with Gasteiger partial charge in [0.15, 0.2) is 11.6 Å². The van der Waals surface area contributed by atoms with E-state index in [1.165, 1.54) is 0 Å². The third-order valence-corrected chi connectivity index (χ3v) is 2.98. The molecule has 0 amide bonds. The standard InChI is InChI=1S/C14H14ClF2NO/c1-2-5-18-8-9-3-4-14(19-9)10-6-12(16)13(17)7-11(10)15/h3-4,6-7,18H,2,5,8H2,1H3. The fourth-order valence-corrected chi connectivity index (χ4v) is 1.96. The molecule has 0 atom stereocenters. The monoisotopic (exact) mass is 285 g/mol. The minimum Gasteiger partial charge on any atom is -0.460 e. The molecule has 1 N–H and O–H groups in total. The highest BCUT2D eigenvalue weighted by atomic mass is 35.5. The van der Waals surface area contributed by atoms with E-state index in [9.17, 15) is 8.78 Å². The van der Waals surface area contributed by atoms with Crippen molar-refractivity contribution in [3.05, 3.63) is 46.7 Å². The van der Waals surface area contributed by atoms with E-state index in [1.54, 1.807) is 12.1 Å². The minimum absolute atomic E-state index is 0.126. The number of nitrogens with one attached hydrogen (secondary N) is 1. The average Bonchev–Trinajstić information content (AvgIpc) is 2.83. The van der Waals surface area contributed by atoms with E-state index in [-0.39, 0.29) is 5.02 Å². The molecule has 2 rings (SSSR count). The summed E-state index contributed by atoms with van der Waals surface area (Å²) in [6.07, 6.45) is 1.03. The first-order valence-electron chi connectivity index (χ1n) is 6.06. The van der Waals surface area contributed by atoms with Gasteiger partial charge in [0.25, 0.3) is 0 Å². The second-order valence-electron chi connectivity index (χ2n) is 4.19. The molecule has 2 nitrogen and oxygen atoms in total. The maximum absolute atomic E-state index is 13.2. The normalized spacial score (nSPS) is 10.9. The number of hydrogen-bond acceptors (Lipinski definition) is 2. The van der Waals surface area contributed by atoms with E-state index in [1.807, 2.05) is 0 Å². The van der Waals surface area contributed by atoms with Crippen molar-refractivity contribution in [2.45, 2.75) is 19.9 Å². The van der Waals surface area contributed by atoms with Gasteiger partial charge in [-0.3, -0.25) is 0 Å². The Kier molecular flexibility index (Phi) is 4.56. The van der Waals surface area contributed by atoms with Crippen LogP contribution < -0.4 is 5.32 Å². The van der Waals surface area contributed by atoms with Gasteiger partial charge >= 0.3 is 0 Å². The van der Waals surface area contributed by atoms with Crippen molar-refractivity contribution >= 4 is 11.6 Å². The van der Waals surface area contributed by atoms with Crippen molar-refractivity contribution < 1.29 is 13.2 Å². The lowest BCUT2D eigenvalue weighted by molar-refractivity contribution is 0.490. The summed E-state index contributed by atoms with van der Waals surface area (Å²) < 4.78 is 31.8. The fraction of sp³-hybridized carbons (Fsp3) is 0.286. The molecule has 5 heteroatoms. The third-order valence-electron chi connectivity index (χ3n) is 2.66. The maximum atomic E-state index is 13.2. The number of rotatable bonds is 5. The highest BCUT2D eigenvalue weighted by Crippen LogP contribution is 2.31. The zero-order valence-corrected chi connectivity index (χ0v) is 11.2. The quantitative estimate of drug-likeness (QED) is 0.651. The summed E-state index contributed by atoms with van der Waals surface area (Å²) >= 11 is 5.89. The summed E-state index contributed by atoms with van der Waals surface area (Å²) in [5, 5.41) is 3.32. The summed E-state index contributed by atoms with van der Waals surface area (Å²) in [4.78, 5) is 0. The van der Waals surface area contributed by atoms with Gasteiger partial charge in [0.05, 0.1) is 11.6 Å². The summed E-state index contributed by atoms with van der Waals surface area (Å²) in [5.41, 5.74) is 0.349. The Bertz CT molecular complexity index is 569. The lowest BCUT2D eigenvalue weighted by Gasteiger charge is -2.03. The molecule has 1 aromatic heterocycles. The molecule has 102 valence electrons. The molecule has 0 aliphatic heterocycles. The molecule has 0 aliphatic rings. The van der Waals surface area contributed by atoms with Crippen LogP contribution in [0.15, 0.2) is 28.7 Å². The second-order valence-corrected chi connectivity index (χ2v) is 4.60. The molecule has 0 unspecified atom stereocenters. The Morgan fingerprint density at radius 3 is 2.68 bits per heavy atom. The van der Waals surface area contributed by atoms with E-state index in [0.717, 1.165) is 30.9 Å².